The van der Waals surface area contributed by atoms with Gasteiger partial charge in [0, 0.05) is 21.5 Å². The lowest BCUT2D eigenvalue weighted by molar-refractivity contribution is 0.0719. The Kier molecular flexibility index (Phi) is 7.00. The van der Waals surface area contributed by atoms with Gasteiger partial charge in [0.1, 0.15) is 11.5 Å². The summed E-state index contributed by atoms with van der Waals surface area (Å²) in [5, 5.41) is 2.58. The van der Waals surface area contributed by atoms with Crippen LogP contribution >= 0.6 is 0 Å². The first-order valence-corrected chi connectivity index (χ1v) is 10.5. The highest BCUT2D eigenvalue weighted by Crippen LogP contribution is 2.43. The first kappa shape index (κ1) is 22.4. The number of hydrogen-bond donors (Lipinski definition) is 0. The fourth-order valence-electron chi connectivity index (χ4n) is 3.41. The van der Waals surface area contributed by atoms with Gasteiger partial charge in [-0.3, -0.25) is 0 Å². The zero-order valence-electron chi connectivity index (χ0n) is 18.6. The molecule has 0 spiro atoms. The van der Waals surface area contributed by atoms with Gasteiger partial charge in [0.25, 0.3) is 0 Å². The summed E-state index contributed by atoms with van der Waals surface area (Å²) in [5.41, 5.74) is 1.09. The van der Waals surface area contributed by atoms with E-state index in [4.69, 9.17) is 18.9 Å². The number of benzene rings is 3. The van der Waals surface area contributed by atoms with Crippen LogP contribution in [0.15, 0.2) is 42.5 Å². The lowest BCUT2D eigenvalue weighted by atomic mass is 9.97. The standard InChI is InChI=1S/C25H28O6/c1-6-9-17-12-13-20-21(14-17)23(31-25(27)29-16(4)5)19-11-8-7-10-18(19)22(20)30-24(26)28-15(2)3/h7-8,10-16H,6,9H2,1-5H3. The summed E-state index contributed by atoms with van der Waals surface area (Å²) >= 11 is 0. The summed E-state index contributed by atoms with van der Waals surface area (Å²) in [6, 6.07) is 13.1. The minimum absolute atomic E-state index is 0.311. The Labute approximate surface area is 182 Å². The van der Waals surface area contributed by atoms with Crippen molar-refractivity contribution in [2.24, 2.45) is 0 Å². The summed E-state index contributed by atoms with van der Waals surface area (Å²) in [4.78, 5) is 24.7. The predicted octanol–water partition coefficient (Wildman–Crippen LogP) is 6.79. The van der Waals surface area contributed by atoms with Crippen LogP contribution < -0.4 is 9.47 Å². The molecule has 164 valence electrons. The third-order valence-electron chi connectivity index (χ3n) is 4.56. The molecule has 0 fully saturated rings. The summed E-state index contributed by atoms with van der Waals surface area (Å²) in [5.74, 6) is 0.739. The van der Waals surface area contributed by atoms with E-state index in [1.165, 1.54) is 0 Å². The number of carbonyl (C=O) groups is 2. The maximum absolute atomic E-state index is 12.4. The Balaban J connectivity index is 2.24. The topological polar surface area (TPSA) is 71.1 Å². The van der Waals surface area contributed by atoms with Crippen LogP contribution in [0.3, 0.4) is 0 Å². The molecule has 3 rings (SSSR count). The molecule has 0 radical (unpaired) electrons. The molecule has 0 bridgehead atoms. The number of ether oxygens (including phenoxy) is 4. The molecule has 0 aliphatic rings. The molecule has 0 atom stereocenters. The number of hydrogen-bond acceptors (Lipinski definition) is 6. The predicted molar refractivity (Wildman–Crippen MR) is 120 cm³/mol. The van der Waals surface area contributed by atoms with Crippen molar-refractivity contribution in [3.63, 3.8) is 0 Å². The van der Waals surface area contributed by atoms with Crippen molar-refractivity contribution in [3.05, 3.63) is 48.0 Å². The SMILES string of the molecule is CCCc1ccc2c(OC(=O)OC(C)C)c3ccccc3c(OC(=O)OC(C)C)c2c1. The average Bonchev–Trinajstić information content (AvgIpc) is 2.69. The molecule has 31 heavy (non-hydrogen) atoms. The second-order valence-electron chi connectivity index (χ2n) is 7.87. The lowest BCUT2D eigenvalue weighted by Crippen LogP contribution is -2.17. The molecule has 0 aliphatic carbocycles. The summed E-state index contributed by atoms with van der Waals surface area (Å²) in [6.07, 6.45) is -0.357. The van der Waals surface area contributed by atoms with Crippen molar-refractivity contribution in [2.45, 2.75) is 59.7 Å². The highest BCUT2D eigenvalue weighted by molar-refractivity contribution is 6.12. The van der Waals surface area contributed by atoms with Crippen molar-refractivity contribution >= 4 is 33.9 Å². The zero-order valence-corrected chi connectivity index (χ0v) is 18.6. The van der Waals surface area contributed by atoms with Gasteiger partial charge in [-0.1, -0.05) is 49.7 Å². The number of fused-ring (bicyclic) bond motifs is 2. The molecule has 3 aromatic rings. The van der Waals surface area contributed by atoms with Crippen molar-refractivity contribution in [1.82, 2.24) is 0 Å². The Morgan fingerprint density at radius 2 is 1.23 bits per heavy atom. The van der Waals surface area contributed by atoms with E-state index < -0.39 is 12.3 Å². The van der Waals surface area contributed by atoms with E-state index in [-0.39, 0.29) is 12.2 Å². The van der Waals surface area contributed by atoms with E-state index in [2.05, 4.69) is 6.92 Å². The van der Waals surface area contributed by atoms with Crippen LogP contribution in [0.2, 0.25) is 0 Å². The Bertz CT molecular complexity index is 1100. The third-order valence-corrected chi connectivity index (χ3v) is 4.56. The molecule has 3 aromatic carbocycles. The van der Waals surface area contributed by atoms with Crippen molar-refractivity contribution in [3.8, 4) is 11.5 Å². The van der Waals surface area contributed by atoms with Crippen LogP contribution in [0.4, 0.5) is 9.59 Å². The highest BCUT2D eigenvalue weighted by Gasteiger charge is 2.22. The molecule has 0 saturated carbocycles. The van der Waals surface area contributed by atoms with Crippen LogP contribution in [0.5, 0.6) is 11.5 Å². The second kappa shape index (κ2) is 9.69. The number of carbonyl (C=O) groups excluding carboxylic acids is 2. The normalized spacial score (nSPS) is 11.2. The molecule has 0 unspecified atom stereocenters. The van der Waals surface area contributed by atoms with Gasteiger partial charge in [-0.2, -0.15) is 0 Å². The fourth-order valence-corrected chi connectivity index (χ4v) is 3.41. The van der Waals surface area contributed by atoms with Gasteiger partial charge < -0.3 is 18.9 Å². The van der Waals surface area contributed by atoms with Crippen LogP contribution in [0, 0.1) is 0 Å². The third kappa shape index (κ3) is 5.26. The summed E-state index contributed by atoms with van der Waals surface area (Å²) < 4.78 is 21.7. The molecule has 0 saturated heterocycles. The lowest BCUT2D eigenvalue weighted by Gasteiger charge is -2.18. The monoisotopic (exact) mass is 424 g/mol. The minimum Gasteiger partial charge on any atom is -0.431 e. The van der Waals surface area contributed by atoms with Gasteiger partial charge in [-0.15, -0.1) is 0 Å². The smallest absolute Gasteiger partial charge is 0.431 e. The van der Waals surface area contributed by atoms with Gasteiger partial charge in [-0.05, 0) is 45.7 Å². The van der Waals surface area contributed by atoms with Crippen LogP contribution in [-0.4, -0.2) is 24.5 Å². The molecule has 6 heteroatoms. The fraction of sp³-hybridized carbons (Fsp3) is 0.360. The quantitative estimate of drug-likeness (QED) is 0.246. The van der Waals surface area contributed by atoms with Gasteiger partial charge >= 0.3 is 12.3 Å². The van der Waals surface area contributed by atoms with Crippen molar-refractivity contribution < 1.29 is 28.5 Å². The van der Waals surface area contributed by atoms with Crippen molar-refractivity contribution in [1.29, 1.82) is 0 Å². The Morgan fingerprint density at radius 1 is 0.742 bits per heavy atom. The first-order valence-electron chi connectivity index (χ1n) is 10.5. The van der Waals surface area contributed by atoms with Gasteiger partial charge in [-0.25, -0.2) is 9.59 Å². The van der Waals surface area contributed by atoms with E-state index in [9.17, 15) is 9.59 Å². The van der Waals surface area contributed by atoms with E-state index in [1.54, 1.807) is 27.7 Å². The van der Waals surface area contributed by atoms with Gasteiger partial charge in [0.15, 0.2) is 0 Å². The highest BCUT2D eigenvalue weighted by atomic mass is 16.7. The molecule has 0 heterocycles. The number of rotatable bonds is 6. The molecular formula is C25H28O6. The van der Waals surface area contributed by atoms with Crippen molar-refractivity contribution in [2.75, 3.05) is 0 Å². The summed E-state index contributed by atoms with van der Waals surface area (Å²) in [6.45, 7) is 9.12. The molecule has 0 aromatic heterocycles. The van der Waals surface area contributed by atoms with Crippen LogP contribution in [-0.2, 0) is 15.9 Å². The maximum atomic E-state index is 12.4. The molecule has 0 N–H and O–H groups in total. The second-order valence-corrected chi connectivity index (χ2v) is 7.87. The van der Waals surface area contributed by atoms with E-state index in [0.29, 0.717) is 33.0 Å². The molecule has 6 nitrogen and oxygen atoms in total. The van der Waals surface area contributed by atoms with E-state index in [0.717, 1.165) is 18.4 Å². The largest absolute Gasteiger partial charge is 0.514 e. The Hall–Kier alpha value is -3.28. The minimum atomic E-state index is -0.785. The van der Waals surface area contributed by atoms with Crippen LogP contribution in [0.25, 0.3) is 21.5 Å². The van der Waals surface area contributed by atoms with Gasteiger partial charge in [0.2, 0.25) is 0 Å². The van der Waals surface area contributed by atoms with Crippen LogP contribution in [0.1, 0.15) is 46.6 Å². The molecule has 0 amide bonds. The Morgan fingerprint density at radius 3 is 1.71 bits per heavy atom. The van der Waals surface area contributed by atoms with Gasteiger partial charge in [0.05, 0.1) is 12.2 Å². The number of aryl methyl sites for hydroxylation is 1. The average molecular weight is 424 g/mol. The maximum Gasteiger partial charge on any atom is 0.514 e. The molecule has 0 aliphatic heterocycles. The summed E-state index contributed by atoms with van der Waals surface area (Å²) in [7, 11) is 0. The zero-order chi connectivity index (χ0) is 22.5. The first-order chi connectivity index (χ1) is 14.8. The van der Waals surface area contributed by atoms with E-state index in [1.807, 2.05) is 42.5 Å². The van der Waals surface area contributed by atoms with E-state index >= 15 is 0 Å². The molecular weight excluding hydrogens is 396 g/mol.